The maximum absolute atomic E-state index is 11.6. The fourth-order valence-electron chi connectivity index (χ4n) is 3.69. The minimum atomic E-state index is -0.298. The molecule has 92 valence electrons. The number of ether oxygens (including phenoxy) is 1. The molecule has 0 aromatic rings. The van der Waals surface area contributed by atoms with Crippen LogP contribution >= 0.6 is 0 Å². The van der Waals surface area contributed by atoms with Crippen LogP contribution in [-0.4, -0.2) is 11.9 Å². The van der Waals surface area contributed by atoms with Gasteiger partial charge in [-0.3, -0.25) is 9.59 Å². The van der Waals surface area contributed by atoms with Gasteiger partial charge in [-0.2, -0.15) is 0 Å². The van der Waals surface area contributed by atoms with E-state index >= 15 is 0 Å². The normalized spacial score (nSPS) is 35.4. The quantitative estimate of drug-likeness (QED) is 0.367. The smallest absolute Gasteiger partial charge is 0.317 e. The molecule has 1 fully saturated rings. The summed E-state index contributed by atoms with van der Waals surface area (Å²) < 4.78 is 4.78. The third-order valence-corrected chi connectivity index (χ3v) is 4.71. The minimum absolute atomic E-state index is 0.185. The molecule has 1 saturated heterocycles. The number of hydrogen-bond acceptors (Lipinski definition) is 3. The molecule has 3 heteroatoms. The van der Waals surface area contributed by atoms with Gasteiger partial charge in [0.1, 0.15) is 0 Å². The van der Waals surface area contributed by atoms with Gasteiger partial charge in [-0.15, -0.1) is 0 Å². The van der Waals surface area contributed by atoms with E-state index in [0.29, 0.717) is 0 Å². The predicted octanol–water partition coefficient (Wildman–Crippen LogP) is 2.60. The fraction of sp³-hybridized carbons (Fsp3) is 0.714. The van der Waals surface area contributed by atoms with Crippen molar-refractivity contribution in [3.8, 4) is 0 Å². The molecule has 0 saturated carbocycles. The first-order valence-electron chi connectivity index (χ1n) is 6.46. The van der Waals surface area contributed by atoms with Gasteiger partial charge in [-0.25, -0.2) is 0 Å². The Kier molecular flexibility index (Phi) is 2.22. The van der Waals surface area contributed by atoms with Gasteiger partial charge in [0.2, 0.25) is 0 Å². The summed E-state index contributed by atoms with van der Waals surface area (Å²) in [7, 11) is 0. The van der Waals surface area contributed by atoms with E-state index in [4.69, 9.17) is 4.74 Å². The zero-order chi connectivity index (χ0) is 12.2. The van der Waals surface area contributed by atoms with Crippen molar-refractivity contribution in [3.63, 3.8) is 0 Å². The zero-order valence-electron chi connectivity index (χ0n) is 10.4. The summed E-state index contributed by atoms with van der Waals surface area (Å²) in [5, 5.41) is 0. The molecule has 0 spiro atoms. The molecule has 2 aliphatic carbocycles. The van der Waals surface area contributed by atoms with E-state index in [1.165, 1.54) is 24.0 Å². The molecule has 17 heavy (non-hydrogen) atoms. The Bertz CT molecular complexity index is 431. The summed E-state index contributed by atoms with van der Waals surface area (Å²) in [6.07, 6.45) is 4.99. The Morgan fingerprint density at radius 1 is 1.12 bits per heavy atom. The molecule has 1 aliphatic heterocycles. The van der Waals surface area contributed by atoms with Crippen molar-refractivity contribution in [2.24, 2.45) is 17.3 Å². The van der Waals surface area contributed by atoms with Crippen LogP contribution in [0.5, 0.6) is 0 Å². The zero-order valence-corrected chi connectivity index (χ0v) is 10.4. The summed E-state index contributed by atoms with van der Waals surface area (Å²) in [6, 6.07) is 0. The standard InChI is InChI=1S/C14H18O3/c1-14(2)5-3-4-8-6-9-10(7-11(8)14)13(16)17-12(9)15/h9-10H,3-7H2,1-2H3/t9-,10+/m1/s1. The maximum atomic E-state index is 11.6. The second-order valence-corrected chi connectivity index (χ2v) is 6.18. The van der Waals surface area contributed by atoms with E-state index in [1.54, 1.807) is 0 Å². The molecule has 3 nitrogen and oxygen atoms in total. The summed E-state index contributed by atoms with van der Waals surface area (Å²) in [5.41, 5.74) is 3.05. The van der Waals surface area contributed by atoms with Crippen LogP contribution in [0.2, 0.25) is 0 Å². The average molecular weight is 234 g/mol. The van der Waals surface area contributed by atoms with Gasteiger partial charge in [0.05, 0.1) is 11.8 Å². The topological polar surface area (TPSA) is 43.4 Å². The lowest BCUT2D eigenvalue weighted by Crippen LogP contribution is -2.31. The molecule has 0 bridgehead atoms. The van der Waals surface area contributed by atoms with Crippen LogP contribution in [0, 0.1) is 17.3 Å². The molecule has 3 rings (SSSR count). The van der Waals surface area contributed by atoms with Crippen molar-refractivity contribution in [2.75, 3.05) is 0 Å². The monoisotopic (exact) mass is 234 g/mol. The lowest BCUT2D eigenvalue weighted by atomic mass is 9.63. The van der Waals surface area contributed by atoms with Crippen molar-refractivity contribution in [1.82, 2.24) is 0 Å². The van der Waals surface area contributed by atoms with E-state index in [0.717, 1.165) is 19.3 Å². The fourth-order valence-corrected chi connectivity index (χ4v) is 3.69. The molecular weight excluding hydrogens is 216 g/mol. The molecular formula is C14H18O3. The molecule has 0 amide bonds. The lowest BCUT2D eigenvalue weighted by Gasteiger charge is -2.40. The number of carbonyl (C=O) groups is 2. The van der Waals surface area contributed by atoms with Gasteiger partial charge in [0.15, 0.2) is 0 Å². The number of esters is 2. The van der Waals surface area contributed by atoms with Crippen molar-refractivity contribution < 1.29 is 14.3 Å². The van der Waals surface area contributed by atoms with Crippen molar-refractivity contribution >= 4 is 11.9 Å². The summed E-state index contributed by atoms with van der Waals surface area (Å²) in [5.74, 6) is -0.975. The second-order valence-electron chi connectivity index (χ2n) is 6.18. The SMILES string of the molecule is CC1(C)CCCC2=C1C[C@@H]1C(=O)OC(=O)[C@@H]1C2. The van der Waals surface area contributed by atoms with Crippen molar-refractivity contribution in [2.45, 2.75) is 46.0 Å². The highest BCUT2D eigenvalue weighted by molar-refractivity contribution is 5.97. The molecule has 1 heterocycles. The Labute approximate surface area is 101 Å². The molecule has 3 aliphatic rings. The highest BCUT2D eigenvalue weighted by atomic mass is 16.6. The van der Waals surface area contributed by atoms with Crippen LogP contribution in [0.1, 0.15) is 46.0 Å². The first-order valence-corrected chi connectivity index (χ1v) is 6.46. The van der Waals surface area contributed by atoms with Crippen molar-refractivity contribution in [1.29, 1.82) is 0 Å². The van der Waals surface area contributed by atoms with Crippen LogP contribution < -0.4 is 0 Å². The second kappa shape index (κ2) is 3.44. The number of rotatable bonds is 0. The average Bonchev–Trinajstić information content (AvgIpc) is 2.53. The van der Waals surface area contributed by atoms with E-state index in [9.17, 15) is 9.59 Å². The first kappa shape index (κ1) is 11.0. The highest BCUT2D eigenvalue weighted by Gasteiger charge is 2.49. The molecule has 0 aromatic heterocycles. The van der Waals surface area contributed by atoms with Crippen LogP contribution in [0.4, 0.5) is 0 Å². The van der Waals surface area contributed by atoms with Crippen LogP contribution in [-0.2, 0) is 14.3 Å². The number of fused-ring (bicyclic) bond motifs is 1. The van der Waals surface area contributed by atoms with Gasteiger partial charge in [0.25, 0.3) is 0 Å². The largest absolute Gasteiger partial charge is 0.393 e. The van der Waals surface area contributed by atoms with Gasteiger partial charge >= 0.3 is 11.9 Å². The van der Waals surface area contributed by atoms with Crippen LogP contribution in [0.3, 0.4) is 0 Å². The Hall–Kier alpha value is -1.12. The Balaban J connectivity index is 1.98. The van der Waals surface area contributed by atoms with E-state index in [2.05, 4.69) is 13.8 Å². The summed E-state index contributed by atoms with van der Waals surface area (Å²) in [4.78, 5) is 23.2. The number of hydrogen-bond donors (Lipinski definition) is 0. The van der Waals surface area contributed by atoms with E-state index in [-0.39, 0.29) is 29.2 Å². The van der Waals surface area contributed by atoms with Gasteiger partial charge in [-0.1, -0.05) is 25.0 Å². The Morgan fingerprint density at radius 2 is 1.76 bits per heavy atom. The molecule has 0 N–H and O–H groups in total. The summed E-state index contributed by atoms with van der Waals surface area (Å²) in [6.45, 7) is 4.51. The van der Waals surface area contributed by atoms with E-state index in [1.807, 2.05) is 0 Å². The lowest BCUT2D eigenvalue weighted by molar-refractivity contribution is -0.153. The number of cyclic esters (lactones) is 2. The predicted molar refractivity (Wildman–Crippen MR) is 62.0 cm³/mol. The third kappa shape index (κ3) is 1.55. The van der Waals surface area contributed by atoms with E-state index < -0.39 is 0 Å². The molecule has 2 atom stereocenters. The van der Waals surface area contributed by atoms with Gasteiger partial charge in [0, 0.05) is 0 Å². The van der Waals surface area contributed by atoms with Gasteiger partial charge in [-0.05, 0) is 37.5 Å². The molecule has 0 radical (unpaired) electrons. The molecule has 0 unspecified atom stereocenters. The van der Waals surface area contributed by atoms with Crippen LogP contribution in [0.25, 0.3) is 0 Å². The molecule has 0 aromatic carbocycles. The van der Waals surface area contributed by atoms with Gasteiger partial charge < -0.3 is 4.74 Å². The number of carbonyl (C=O) groups excluding carboxylic acids is 2. The van der Waals surface area contributed by atoms with Crippen LogP contribution in [0.15, 0.2) is 11.1 Å². The summed E-state index contributed by atoms with van der Waals surface area (Å²) >= 11 is 0. The first-order chi connectivity index (χ1) is 7.99. The Morgan fingerprint density at radius 3 is 2.47 bits per heavy atom. The highest BCUT2D eigenvalue weighted by Crippen LogP contribution is 2.51. The third-order valence-electron chi connectivity index (χ3n) is 4.71. The van der Waals surface area contributed by atoms with Crippen molar-refractivity contribution in [3.05, 3.63) is 11.1 Å². The number of allylic oxidation sites excluding steroid dienone is 2. The minimum Gasteiger partial charge on any atom is -0.393 e. The maximum Gasteiger partial charge on any atom is 0.317 e.